The monoisotopic (exact) mass is 430 g/mol. The molecule has 1 amide bonds. The number of nitrogens with zero attached hydrogens (tertiary/aromatic N) is 1. The number of nitriles is 1. The normalized spacial score (nSPS) is 10.7. The molecule has 2 aromatic rings. The number of nitrogens with one attached hydrogen (secondary N) is 1. The summed E-state index contributed by atoms with van der Waals surface area (Å²) in [5.74, 6) is 1.24. The minimum atomic E-state index is -0.511. The van der Waals surface area contributed by atoms with Crippen molar-refractivity contribution in [3.63, 3.8) is 0 Å². The van der Waals surface area contributed by atoms with E-state index in [1.165, 1.54) is 20.3 Å². The Kier molecular flexibility index (Phi) is 7.26. The lowest BCUT2D eigenvalue weighted by Gasteiger charge is -2.10. The molecular weight excluding hydrogens is 412 g/mol. The van der Waals surface area contributed by atoms with Crippen LogP contribution in [0.3, 0.4) is 0 Å². The van der Waals surface area contributed by atoms with Crippen LogP contribution in [-0.2, 0) is 4.79 Å². The van der Waals surface area contributed by atoms with E-state index in [-0.39, 0.29) is 5.57 Å². The van der Waals surface area contributed by atoms with Gasteiger partial charge in [-0.2, -0.15) is 5.26 Å². The smallest absolute Gasteiger partial charge is 0.266 e. The zero-order valence-corrected chi connectivity index (χ0v) is 16.8. The standard InChI is InChI=1S/C20H19BrN2O4/c1-4-27-16-7-5-15(6-8-16)23-20(24)14(12-22)9-13-10-18(25-2)19(26-3)11-17(13)21/h5-11H,4H2,1-3H3,(H,23,24)/b14-9+. The summed E-state index contributed by atoms with van der Waals surface area (Å²) in [5.41, 5.74) is 1.14. The molecule has 6 nitrogen and oxygen atoms in total. The molecule has 0 aliphatic carbocycles. The molecule has 0 aromatic heterocycles. The van der Waals surface area contributed by atoms with Crippen LogP contribution in [0.4, 0.5) is 5.69 Å². The highest BCUT2D eigenvalue weighted by atomic mass is 79.9. The van der Waals surface area contributed by atoms with Gasteiger partial charge in [-0.15, -0.1) is 0 Å². The highest BCUT2D eigenvalue weighted by Gasteiger charge is 2.13. The van der Waals surface area contributed by atoms with Gasteiger partial charge < -0.3 is 19.5 Å². The van der Waals surface area contributed by atoms with E-state index < -0.39 is 5.91 Å². The molecule has 2 aromatic carbocycles. The van der Waals surface area contributed by atoms with Gasteiger partial charge in [0.05, 0.1) is 20.8 Å². The first kappa shape index (κ1) is 20.3. The fraction of sp³-hybridized carbons (Fsp3) is 0.200. The molecule has 7 heteroatoms. The Morgan fingerprint density at radius 3 is 2.37 bits per heavy atom. The summed E-state index contributed by atoms with van der Waals surface area (Å²) in [5, 5.41) is 12.1. The van der Waals surface area contributed by atoms with Crippen LogP contribution in [0.15, 0.2) is 46.4 Å². The zero-order chi connectivity index (χ0) is 19.8. The summed E-state index contributed by atoms with van der Waals surface area (Å²) in [7, 11) is 3.05. The number of anilines is 1. The van der Waals surface area contributed by atoms with Gasteiger partial charge in [0, 0.05) is 10.2 Å². The second-order valence-corrected chi connectivity index (χ2v) is 6.16. The molecule has 0 unspecified atom stereocenters. The van der Waals surface area contributed by atoms with Crippen LogP contribution < -0.4 is 19.5 Å². The van der Waals surface area contributed by atoms with Crippen LogP contribution >= 0.6 is 15.9 Å². The molecule has 0 aliphatic rings. The largest absolute Gasteiger partial charge is 0.494 e. The van der Waals surface area contributed by atoms with Gasteiger partial charge in [-0.25, -0.2) is 0 Å². The van der Waals surface area contributed by atoms with Gasteiger partial charge in [0.25, 0.3) is 5.91 Å². The molecule has 0 radical (unpaired) electrons. The summed E-state index contributed by atoms with van der Waals surface area (Å²) < 4.78 is 16.5. The van der Waals surface area contributed by atoms with E-state index in [0.717, 1.165) is 0 Å². The van der Waals surface area contributed by atoms with E-state index in [2.05, 4.69) is 21.2 Å². The van der Waals surface area contributed by atoms with Gasteiger partial charge in [-0.05, 0) is 55.0 Å². The summed E-state index contributed by atoms with van der Waals surface area (Å²) in [4.78, 5) is 12.4. The predicted octanol–water partition coefficient (Wildman–Crippen LogP) is 4.41. The summed E-state index contributed by atoms with van der Waals surface area (Å²) >= 11 is 3.41. The first-order chi connectivity index (χ1) is 13.0. The molecule has 0 bridgehead atoms. The lowest BCUT2D eigenvalue weighted by atomic mass is 10.1. The molecular formula is C20H19BrN2O4. The third-order valence-electron chi connectivity index (χ3n) is 3.59. The van der Waals surface area contributed by atoms with E-state index in [1.807, 2.05) is 13.0 Å². The molecule has 0 saturated carbocycles. The molecule has 27 heavy (non-hydrogen) atoms. The number of hydrogen-bond acceptors (Lipinski definition) is 5. The van der Waals surface area contributed by atoms with Crippen molar-refractivity contribution in [3.05, 3.63) is 52.0 Å². The van der Waals surface area contributed by atoms with Crippen LogP contribution in [0.1, 0.15) is 12.5 Å². The number of carbonyl (C=O) groups is 1. The molecule has 140 valence electrons. The summed E-state index contributed by atoms with van der Waals surface area (Å²) in [6.07, 6.45) is 1.48. The minimum Gasteiger partial charge on any atom is -0.494 e. The lowest BCUT2D eigenvalue weighted by molar-refractivity contribution is -0.112. The second-order valence-electron chi connectivity index (χ2n) is 5.31. The molecule has 2 rings (SSSR count). The summed E-state index contributed by atoms with van der Waals surface area (Å²) in [6, 6.07) is 12.2. The third kappa shape index (κ3) is 5.25. The molecule has 0 atom stereocenters. The fourth-order valence-electron chi connectivity index (χ4n) is 2.28. The van der Waals surface area contributed by atoms with Gasteiger partial charge in [0.15, 0.2) is 11.5 Å². The molecule has 0 heterocycles. The highest BCUT2D eigenvalue weighted by molar-refractivity contribution is 9.10. The van der Waals surface area contributed by atoms with Crippen molar-refractivity contribution < 1.29 is 19.0 Å². The van der Waals surface area contributed by atoms with Crippen LogP contribution in [0.5, 0.6) is 17.2 Å². The Morgan fingerprint density at radius 2 is 1.81 bits per heavy atom. The number of methoxy groups -OCH3 is 2. The number of amides is 1. The number of halogens is 1. The van der Waals surface area contributed by atoms with E-state index in [4.69, 9.17) is 14.2 Å². The molecule has 0 spiro atoms. The second kappa shape index (κ2) is 9.64. The van der Waals surface area contributed by atoms with Gasteiger partial charge in [-0.3, -0.25) is 4.79 Å². The first-order valence-corrected chi connectivity index (χ1v) is 8.89. The minimum absolute atomic E-state index is 0.0446. The molecule has 0 aliphatic heterocycles. The number of benzene rings is 2. The quantitative estimate of drug-likeness (QED) is 0.519. The van der Waals surface area contributed by atoms with Crippen molar-refractivity contribution in [1.29, 1.82) is 5.26 Å². The van der Waals surface area contributed by atoms with Gasteiger partial charge >= 0.3 is 0 Å². The fourth-order valence-corrected chi connectivity index (χ4v) is 2.72. The van der Waals surface area contributed by atoms with E-state index in [9.17, 15) is 10.1 Å². The Morgan fingerprint density at radius 1 is 1.19 bits per heavy atom. The number of hydrogen-bond donors (Lipinski definition) is 1. The lowest BCUT2D eigenvalue weighted by Crippen LogP contribution is -2.13. The van der Waals surface area contributed by atoms with Crippen LogP contribution in [0.25, 0.3) is 6.08 Å². The molecule has 0 fully saturated rings. The topological polar surface area (TPSA) is 80.6 Å². The van der Waals surface area contributed by atoms with Crippen molar-refractivity contribution in [1.82, 2.24) is 0 Å². The Hall–Kier alpha value is -2.98. The average molecular weight is 431 g/mol. The maximum Gasteiger partial charge on any atom is 0.266 e. The van der Waals surface area contributed by atoms with Gasteiger partial charge in [0.2, 0.25) is 0 Å². The van der Waals surface area contributed by atoms with Crippen molar-refractivity contribution in [2.45, 2.75) is 6.92 Å². The number of ether oxygens (including phenoxy) is 3. The maximum atomic E-state index is 12.4. The van der Waals surface area contributed by atoms with Crippen molar-refractivity contribution in [2.24, 2.45) is 0 Å². The van der Waals surface area contributed by atoms with Gasteiger partial charge in [-0.1, -0.05) is 15.9 Å². The van der Waals surface area contributed by atoms with Crippen LogP contribution in [0, 0.1) is 11.3 Å². The Bertz CT molecular complexity index is 886. The maximum absolute atomic E-state index is 12.4. The summed E-state index contributed by atoms with van der Waals surface area (Å²) in [6.45, 7) is 2.46. The zero-order valence-electron chi connectivity index (χ0n) is 15.2. The predicted molar refractivity (Wildman–Crippen MR) is 107 cm³/mol. The Balaban J connectivity index is 2.25. The van der Waals surface area contributed by atoms with Crippen LogP contribution in [0.2, 0.25) is 0 Å². The first-order valence-electron chi connectivity index (χ1n) is 8.09. The number of rotatable bonds is 7. The van der Waals surface area contributed by atoms with Crippen molar-refractivity contribution >= 4 is 33.6 Å². The Labute approximate surface area is 166 Å². The highest BCUT2D eigenvalue weighted by Crippen LogP contribution is 2.34. The van der Waals surface area contributed by atoms with E-state index in [1.54, 1.807) is 36.4 Å². The molecule has 1 N–H and O–H groups in total. The van der Waals surface area contributed by atoms with Crippen molar-refractivity contribution in [2.75, 3.05) is 26.1 Å². The van der Waals surface area contributed by atoms with Gasteiger partial charge in [0.1, 0.15) is 17.4 Å². The van der Waals surface area contributed by atoms with Crippen LogP contribution in [-0.4, -0.2) is 26.7 Å². The average Bonchev–Trinajstić information content (AvgIpc) is 2.68. The van der Waals surface area contributed by atoms with E-state index >= 15 is 0 Å². The SMILES string of the molecule is CCOc1ccc(NC(=O)/C(C#N)=C/c2cc(OC)c(OC)cc2Br)cc1. The molecule has 0 saturated heterocycles. The van der Waals surface area contributed by atoms with E-state index in [0.29, 0.717) is 39.6 Å². The number of carbonyl (C=O) groups excluding carboxylic acids is 1. The van der Waals surface area contributed by atoms with Crippen molar-refractivity contribution in [3.8, 4) is 23.3 Å². The third-order valence-corrected chi connectivity index (χ3v) is 4.28.